The summed E-state index contributed by atoms with van der Waals surface area (Å²) >= 11 is 0. The molecule has 4 rings (SSSR count). The Morgan fingerprint density at radius 1 is 1.23 bits per heavy atom. The molecule has 31 heavy (non-hydrogen) atoms. The Labute approximate surface area is 198 Å². The van der Waals surface area contributed by atoms with Gasteiger partial charge in [0.15, 0.2) is 5.96 Å². The molecule has 0 radical (unpaired) electrons. The number of anilines is 1. The van der Waals surface area contributed by atoms with E-state index in [1.807, 2.05) is 36.2 Å². The number of fused-ring (bicyclic) bond motifs is 2. The first-order chi connectivity index (χ1) is 14.7. The third-order valence-electron chi connectivity index (χ3n) is 5.32. The van der Waals surface area contributed by atoms with Crippen molar-refractivity contribution in [1.82, 2.24) is 15.6 Å². The van der Waals surface area contributed by atoms with Gasteiger partial charge in [-0.05, 0) is 55.2 Å². The molecule has 1 amide bonds. The fraction of sp³-hybridized carbons (Fsp3) is 0.304. The predicted octanol–water partition coefficient (Wildman–Crippen LogP) is 3.61. The predicted molar refractivity (Wildman–Crippen MR) is 134 cm³/mol. The summed E-state index contributed by atoms with van der Waals surface area (Å²) < 4.78 is 13.5. The Kier molecular flexibility index (Phi) is 7.89. The number of nitrogens with zero attached hydrogens (tertiary/aromatic N) is 2. The third-order valence-corrected chi connectivity index (χ3v) is 5.32. The lowest BCUT2D eigenvalue weighted by Gasteiger charge is -2.17. The van der Waals surface area contributed by atoms with Crippen molar-refractivity contribution >= 4 is 52.4 Å². The number of aromatic amines is 1. The number of benzene rings is 2. The molecule has 0 saturated carbocycles. The number of guanidine groups is 1. The lowest BCUT2D eigenvalue weighted by Crippen LogP contribution is -2.39. The highest BCUT2D eigenvalue weighted by Gasteiger charge is 2.23. The van der Waals surface area contributed by atoms with Gasteiger partial charge in [0.1, 0.15) is 12.4 Å². The Balaban J connectivity index is 0.00000272. The van der Waals surface area contributed by atoms with Crippen molar-refractivity contribution < 1.29 is 9.18 Å². The highest BCUT2D eigenvalue weighted by atomic mass is 127. The van der Waals surface area contributed by atoms with Gasteiger partial charge in [-0.3, -0.25) is 4.79 Å². The average molecular weight is 535 g/mol. The van der Waals surface area contributed by atoms with Crippen molar-refractivity contribution in [2.24, 2.45) is 4.99 Å². The van der Waals surface area contributed by atoms with E-state index in [1.54, 1.807) is 12.1 Å². The van der Waals surface area contributed by atoms with Gasteiger partial charge in [0.25, 0.3) is 0 Å². The number of rotatable bonds is 6. The molecule has 3 N–H and O–H groups in total. The molecule has 1 aliphatic heterocycles. The number of carbonyl (C=O) groups is 1. The summed E-state index contributed by atoms with van der Waals surface area (Å²) in [4.78, 5) is 22.1. The van der Waals surface area contributed by atoms with Crippen molar-refractivity contribution in [2.45, 2.75) is 19.8 Å². The van der Waals surface area contributed by atoms with Gasteiger partial charge in [-0.25, -0.2) is 9.38 Å². The van der Waals surface area contributed by atoms with Crippen molar-refractivity contribution in [1.29, 1.82) is 0 Å². The molecule has 0 aliphatic carbocycles. The molecule has 0 atom stereocenters. The van der Waals surface area contributed by atoms with E-state index < -0.39 is 0 Å². The second-order valence-corrected chi connectivity index (χ2v) is 7.30. The maximum atomic E-state index is 13.5. The number of H-pyrrole nitrogens is 1. The summed E-state index contributed by atoms with van der Waals surface area (Å²) in [7, 11) is 0. The van der Waals surface area contributed by atoms with Gasteiger partial charge in [0, 0.05) is 42.4 Å². The highest BCUT2D eigenvalue weighted by molar-refractivity contribution is 14.0. The van der Waals surface area contributed by atoms with Crippen molar-refractivity contribution in [3.63, 3.8) is 0 Å². The maximum Gasteiger partial charge on any atom is 0.248 e. The molecule has 2 heterocycles. The quantitative estimate of drug-likeness (QED) is 0.257. The number of para-hydroxylation sites is 1. The van der Waals surface area contributed by atoms with Gasteiger partial charge < -0.3 is 20.5 Å². The molecule has 3 aromatic rings. The summed E-state index contributed by atoms with van der Waals surface area (Å²) in [5.74, 6) is 0.349. The van der Waals surface area contributed by atoms with Crippen LogP contribution in [0, 0.1) is 5.82 Å². The number of aromatic nitrogens is 1. The van der Waals surface area contributed by atoms with E-state index in [4.69, 9.17) is 0 Å². The minimum absolute atomic E-state index is 0. The van der Waals surface area contributed by atoms with Gasteiger partial charge in [0.2, 0.25) is 5.91 Å². The molecule has 0 fully saturated rings. The van der Waals surface area contributed by atoms with Crippen molar-refractivity contribution in [3.05, 3.63) is 65.6 Å². The number of halogens is 2. The van der Waals surface area contributed by atoms with Crippen LogP contribution in [0.4, 0.5) is 10.1 Å². The normalized spacial score (nSPS) is 13.1. The van der Waals surface area contributed by atoms with E-state index >= 15 is 0 Å². The Morgan fingerprint density at radius 3 is 2.90 bits per heavy atom. The zero-order valence-corrected chi connectivity index (χ0v) is 19.8. The van der Waals surface area contributed by atoms with Gasteiger partial charge in [0.05, 0.1) is 0 Å². The summed E-state index contributed by atoms with van der Waals surface area (Å²) in [5, 5.41) is 7.33. The van der Waals surface area contributed by atoms with Crippen LogP contribution in [-0.4, -0.2) is 43.0 Å². The molecule has 2 aromatic carbocycles. The fourth-order valence-electron chi connectivity index (χ4n) is 3.84. The molecule has 164 valence electrons. The SMILES string of the molecule is CCNC(=NCC(=O)N1CCc2ccccc21)NCCc1c[nH]c2ccc(F)cc12.I. The summed E-state index contributed by atoms with van der Waals surface area (Å²) in [6.45, 7) is 4.09. The summed E-state index contributed by atoms with van der Waals surface area (Å²) in [6, 6.07) is 12.7. The Morgan fingerprint density at radius 2 is 2.06 bits per heavy atom. The zero-order chi connectivity index (χ0) is 20.9. The summed E-state index contributed by atoms with van der Waals surface area (Å²) in [6.07, 6.45) is 3.50. The smallest absolute Gasteiger partial charge is 0.248 e. The zero-order valence-electron chi connectivity index (χ0n) is 17.5. The molecule has 1 aromatic heterocycles. The fourth-order valence-corrected chi connectivity index (χ4v) is 3.84. The lowest BCUT2D eigenvalue weighted by molar-refractivity contribution is -0.117. The second-order valence-electron chi connectivity index (χ2n) is 7.30. The molecule has 0 unspecified atom stereocenters. The first-order valence-electron chi connectivity index (χ1n) is 10.3. The number of aliphatic imine (C=N–C) groups is 1. The van der Waals surface area contributed by atoms with E-state index in [0.717, 1.165) is 28.6 Å². The number of hydrogen-bond acceptors (Lipinski definition) is 2. The largest absolute Gasteiger partial charge is 0.361 e. The van der Waals surface area contributed by atoms with Crippen LogP contribution in [0.25, 0.3) is 10.9 Å². The minimum atomic E-state index is -0.242. The first kappa shape index (κ1) is 23.1. The molecule has 6 nitrogen and oxygen atoms in total. The standard InChI is InChI=1S/C23H26FN5O.HI/c1-2-25-23(26-11-9-17-14-27-20-8-7-18(24)13-19(17)20)28-15-22(30)29-12-10-16-5-3-4-6-21(16)29;/h3-8,13-14,27H,2,9-12,15H2,1H3,(H2,25,26,28);1H. The molecule has 0 saturated heterocycles. The van der Waals surface area contributed by atoms with E-state index in [1.165, 1.54) is 11.6 Å². The van der Waals surface area contributed by atoms with E-state index in [0.29, 0.717) is 32.0 Å². The average Bonchev–Trinajstić information content (AvgIpc) is 3.36. The van der Waals surface area contributed by atoms with Crippen LogP contribution >= 0.6 is 24.0 Å². The van der Waals surface area contributed by atoms with Gasteiger partial charge in [-0.15, -0.1) is 24.0 Å². The first-order valence-corrected chi connectivity index (χ1v) is 10.3. The van der Waals surface area contributed by atoms with Gasteiger partial charge >= 0.3 is 0 Å². The molecule has 0 spiro atoms. The molecular formula is C23H27FIN5O. The van der Waals surface area contributed by atoms with E-state index in [-0.39, 0.29) is 42.2 Å². The molecule has 0 bridgehead atoms. The van der Waals surface area contributed by atoms with Crippen LogP contribution < -0.4 is 15.5 Å². The van der Waals surface area contributed by atoms with Crippen LogP contribution in [0.5, 0.6) is 0 Å². The van der Waals surface area contributed by atoms with Crippen LogP contribution in [0.1, 0.15) is 18.1 Å². The van der Waals surface area contributed by atoms with Crippen molar-refractivity contribution in [3.8, 4) is 0 Å². The van der Waals surface area contributed by atoms with Crippen LogP contribution in [0.2, 0.25) is 0 Å². The van der Waals surface area contributed by atoms with Gasteiger partial charge in [-0.1, -0.05) is 18.2 Å². The number of carbonyl (C=O) groups excluding carboxylic acids is 1. The number of nitrogens with one attached hydrogen (secondary N) is 3. The van der Waals surface area contributed by atoms with Crippen LogP contribution in [0.3, 0.4) is 0 Å². The minimum Gasteiger partial charge on any atom is -0.361 e. The molecule has 8 heteroatoms. The number of hydrogen-bond donors (Lipinski definition) is 3. The third kappa shape index (κ3) is 5.36. The Bertz CT molecular complexity index is 1080. The topological polar surface area (TPSA) is 72.5 Å². The monoisotopic (exact) mass is 535 g/mol. The van der Waals surface area contributed by atoms with E-state index in [9.17, 15) is 9.18 Å². The van der Waals surface area contributed by atoms with Crippen molar-refractivity contribution in [2.75, 3.05) is 31.1 Å². The maximum absolute atomic E-state index is 13.5. The van der Waals surface area contributed by atoms with Crippen LogP contribution in [0.15, 0.2) is 53.7 Å². The number of amides is 1. The second kappa shape index (κ2) is 10.6. The Hall–Kier alpha value is -2.62. The van der Waals surface area contributed by atoms with E-state index in [2.05, 4.69) is 26.7 Å². The molecular weight excluding hydrogens is 508 g/mol. The highest BCUT2D eigenvalue weighted by Crippen LogP contribution is 2.27. The van der Waals surface area contributed by atoms with Gasteiger partial charge in [-0.2, -0.15) is 0 Å². The summed E-state index contributed by atoms with van der Waals surface area (Å²) in [5.41, 5.74) is 4.15. The lowest BCUT2D eigenvalue weighted by atomic mass is 10.1. The van der Waals surface area contributed by atoms with Crippen LogP contribution in [-0.2, 0) is 17.6 Å². The molecule has 1 aliphatic rings.